The average molecular weight is 412 g/mol. The maximum atomic E-state index is 11.7. The molecule has 0 bridgehead atoms. The first-order valence-corrected chi connectivity index (χ1v) is 9.06. The van der Waals surface area contributed by atoms with E-state index in [1.54, 1.807) is 42.7 Å². The number of nitrogens with one attached hydrogen (secondary N) is 1. The fourth-order valence-corrected chi connectivity index (χ4v) is 3.46. The van der Waals surface area contributed by atoms with Crippen LogP contribution >= 0.6 is 35.8 Å². The van der Waals surface area contributed by atoms with E-state index in [0.717, 1.165) is 0 Å². The van der Waals surface area contributed by atoms with Gasteiger partial charge in [-0.05, 0) is 42.5 Å². The Hall–Kier alpha value is -2.02. The van der Waals surface area contributed by atoms with Crippen LogP contribution in [-0.2, 0) is 4.79 Å². The topological polar surface area (TPSA) is 75.6 Å². The third-order valence-corrected chi connectivity index (χ3v) is 4.57. The molecule has 2 atom stereocenters. The summed E-state index contributed by atoms with van der Waals surface area (Å²) in [4.78, 5) is 11.7. The van der Waals surface area contributed by atoms with Crippen LogP contribution in [0, 0.1) is 0 Å². The lowest BCUT2D eigenvalue weighted by Crippen LogP contribution is -2.20. The van der Waals surface area contributed by atoms with Crippen molar-refractivity contribution in [2.75, 3.05) is 11.1 Å². The molecule has 0 aliphatic heterocycles. The van der Waals surface area contributed by atoms with Gasteiger partial charge < -0.3 is 19.3 Å². The van der Waals surface area contributed by atoms with Crippen LogP contribution in [0.4, 0.5) is 5.69 Å². The molecule has 2 aromatic heterocycles. The Balaban J connectivity index is 1.87. The smallest absolute Gasteiger partial charge is 0.334 e. The van der Waals surface area contributed by atoms with Crippen molar-refractivity contribution in [1.29, 1.82) is 0 Å². The quantitative estimate of drug-likeness (QED) is 0.448. The van der Waals surface area contributed by atoms with Gasteiger partial charge in [-0.3, -0.25) is 0 Å². The van der Waals surface area contributed by atoms with E-state index in [2.05, 4.69) is 17.9 Å². The zero-order valence-corrected chi connectivity index (χ0v) is 15.8. The molecule has 0 aliphatic carbocycles. The van der Waals surface area contributed by atoms with E-state index in [1.807, 2.05) is 6.07 Å². The number of carboxylic acids is 1. The van der Waals surface area contributed by atoms with Crippen LogP contribution in [0.25, 0.3) is 0 Å². The van der Waals surface area contributed by atoms with E-state index < -0.39 is 12.0 Å². The molecule has 0 fully saturated rings. The van der Waals surface area contributed by atoms with Crippen molar-refractivity contribution in [3.05, 3.63) is 76.1 Å². The highest BCUT2D eigenvalue weighted by atomic mass is 35.5. The number of benzene rings is 1. The molecule has 0 aliphatic rings. The molecular formula is C18H15Cl2NO4S. The summed E-state index contributed by atoms with van der Waals surface area (Å²) in [5.41, 5.74) is 0.477. The molecule has 5 nitrogen and oxygen atoms in total. The van der Waals surface area contributed by atoms with Gasteiger partial charge in [0.25, 0.3) is 0 Å². The maximum Gasteiger partial charge on any atom is 0.334 e. The molecule has 3 rings (SSSR count). The number of rotatable bonds is 7. The molecule has 0 saturated heterocycles. The second-order valence-corrected chi connectivity index (χ2v) is 6.80. The number of anilines is 1. The Kier molecular flexibility index (Phi) is 5.86. The van der Waals surface area contributed by atoms with Crippen LogP contribution in [-0.4, -0.2) is 16.8 Å². The zero-order chi connectivity index (χ0) is 18.7. The molecule has 3 aromatic rings. The van der Waals surface area contributed by atoms with Crippen LogP contribution in [0.2, 0.25) is 10.0 Å². The number of halogens is 2. The summed E-state index contributed by atoms with van der Waals surface area (Å²) >= 11 is 16.3. The van der Waals surface area contributed by atoms with Crippen molar-refractivity contribution < 1.29 is 18.7 Å². The van der Waals surface area contributed by atoms with E-state index in [9.17, 15) is 9.90 Å². The summed E-state index contributed by atoms with van der Waals surface area (Å²) in [5.74, 6) is 0.668. The summed E-state index contributed by atoms with van der Waals surface area (Å²) < 4.78 is 11.2. The molecule has 2 heterocycles. The van der Waals surface area contributed by atoms with Crippen LogP contribution in [0.1, 0.15) is 29.2 Å². The predicted molar refractivity (Wildman–Crippen MR) is 104 cm³/mol. The van der Waals surface area contributed by atoms with E-state index in [0.29, 0.717) is 33.0 Å². The summed E-state index contributed by atoms with van der Waals surface area (Å²) in [6, 6.07) is 10.6. The Bertz CT molecular complexity index is 874. The van der Waals surface area contributed by atoms with Crippen LogP contribution in [0.5, 0.6) is 0 Å². The molecule has 0 amide bonds. The Morgan fingerprint density at radius 3 is 2.38 bits per heavy atom. The van der Waals surface area contributed by atoms with Gasteiger partial charge in [-0.15, -0.1) is 0 Å². The molecule has 8 heteroatoms. The summed E-state index contributed by atoms with van der Waals surface area (Å²) in [6.45, 7) is 0. The van der Waals surface area contributed by atoms with Gasteiger partial charge in [0.1, 0.15) is 17.3 Å². The minimum Gasteiger partial charge on any atom is -0.479 e. The Labute approximate surface area is 165 Å². The maximum absolute atomic E-state index is 11.7. The van der Waals surface area contributed by atoms with Crippen molar-refractivity contribution in [3.8, 4) is 0 Å². The largest absolute Gasteiger partial charge is 0.479 e. The molecule has 0 spiro atoms. The van der Waals surface area contributed by atoms with Crippen molar-refractivity contribution in [1.82, 2.24) is 0 Å². The minimum absolute atomic E-state index is 0.211. The fraction of sp³-hybridized carbons (Fsp3) is 0.167. The standard InChI is InChI=1S/C18H15Cl2NO4S/c19-10-6-11(20)8-12(7-10)21-17(18(22)23)16-4-3-15(25-16)13(9-26)14-2-1-5-24-14/h1-8,13,17,21,26H,9H2,(H,22,23). The number of aliphatic carboxylic acids is 1. The van der Waals surface area contributed by atoms with Gasteiger partial charge in [0, 0.05) is 21.5 Å². The summed E-state index contributed by atoms with van der Waals surface area (Å²) in [6.07, 6.45) is 1.57. The third-order valence-electron chi connectivity index (χ3n) is 3.77. The zero-order valence-electron chi connectivity index (χ0n) is 13.4. The van der Waals surface area contributed by atoms with Gasteiger partial charge in [-0.1, -0.05) is 23.2 Å². The van der Waals surface area contributed by atoms with E-state index in [1.165, 1.54) is 0 Å². The highest BCUT2D eigenvalue weighted by Gasteiger charge is 2.26. The highest BCUT2D eigenvalue weighted by Crippen LogP contribution is 2.31. The molecule has 26 heavy (non-hydrogen) atoms. The van der Waals surface area contributed by atoms with Crippen molar-refractivity contribution in [2.45, 2.75) is 12.0 Å². The molecular weight excluding hydrogens is 397 g/mol. The first-order valence-electron chi connectivity index (χ1n) is 7.67. The van der Waals surface area contributed by atoms with Crippen molar-refractivity contribution in [2.24, 2.45) is 0 Å². The number of thiol groups is 1. The Morgan fingerprint density at radius 2 is 1.81 bits per heavy atom. The number of furan rings is 2. The SMILES string of the molecule is O=C(O)C(Nc1cc(Cl)cc(Cl)c1)c1ccc(C(CS)c2ccco2)o1. The normalized spacial score (nSPS) is 13.3. The lowest BCUT2D eigenvalue weighted by molar-refractivity contribution is -0.138. The van der Waals surface area contributed by atoms with Crippen LogP contribution in [0.3, 0.4) is 0 Å². The lowest BCUT2D eigenvalue weighted by atomic mass is 10.1. The van der Waals surface area contributed by atoms with Crippen molar-refractivity contribution >= 4 is 47.5 Å². The first-order chi connectivity index (χ1) is 12.5. The number of hydrogen-bond acceptors (Lipinski definition) is 5. The highest BCUT2D eigenvalue weighted by molar-refractivity contribution is 7.80. The minimum atomic E-state index is -1.10. The van der Waals surface area contributed by atoms with Gasteiger partial charge in [0.05, 0.1) is 12.2 Å². The van der Waals surface area contributed by atoms with Crippen LogP contribution in [0.15, 0.2) is 57.6 Å². The van der Waals surface area contributed by atoms with Gasteiger partial charge in [-0.25, -0.2) is 4.79 Å². The van der Waals surface area contributed by atoms with Crippen molar-refractivity contribution in [3.63, 3.8) is 0 Å². The van der Waals surface area contributed by atoms with E-state index >= 15 is 0 Å². The fourth-order valence-electron chi connectivity index (χ4n) is 2.58. The Morgan fingerprint density at radius 1 is 1.12 bits per heavy atom. The molecule has 0 radical (unpaired) electrons. The van der Waals surface area contributed by atoms with Crippen LogP contribution < -0.4 is 5.32 Å². The summed E-state index contributed by atoms with van der Waals surface area (Å²) in [5, 5.41) is 13.3. The molecule has 136 valence electrons. The number of carboxylic acid groups (broad SMARTS) is 1. The summed E-state index contributed by atoms with van der Waals surface area (Å²) in [7, 11) is 0. The molecule has 1 aromatic carbocycles. The molecule has 2 unspecified atom stereocenters. The number of hydrogen-bond donors (Lipinski definition) is 3. The molecule has 0 saturated carbocycles. The van der Waals surface area contributed by atoms with Gasteiger partial charge in [-0.2, -0.15) is 12.6 Å². The second kappa shape index (κ2) is 8.12. The average Bonchev–Trinajstić information content (AvgIpc) is 3.25. The van der Waals surface area contributed by atoms with E-state index in [4.69, 9.17) is 32.0 Å². The van der Waals surface area contributed by atoms with Gasteiger partial charge in [0.2, 0.25) is 0 Å². The van der Waals surface area contributed by atoms with Gasteiger partial charge >= 0.3 is 5.97 Å². The van der Waals surface area contributed by atoms with Gasteiger partial charge in [0.15, 0.2) is 6.04 Å². The van der Waals surface area contributed by atoms with E-state index in [-0.39, 0.29) is 11.7 Å². The first kappa shape index (κ1) is 18.8. The lowest BCUT2D eigenvalue weighted by Gasteiger charge is -2.15. The molecule has 2 N–H and O–H groups in total. The number of carbonyl (C=O) groups is 1. The third kappa shape index (κ3) is 4.20. The monoisotopic (exact) mass is 411 g/mol. The predicted octanol–water partition coefficient (Wildman–Crippen LogP) is 5.48. The second-order valence-electron chi connectivity index (χ2n) is 5.56.